The first-order chi connectivity index (χ1) is 8.08. The van der Waals surface area contributed by atoms with Gasteiger partial charge in [0, 0.05) is 19.0 Å². The average Bonchev–Trinajstić information content (AvgIpc) is 2.77. The quantitative estimate of drug-likeness (QED) is 0.677. The van der Waals surface area contributed by atoms with Crippen LogP contribution in [0.3, 0.4) is 0 Å². The van der Waals surface area contributed by atoms with Gasteiger partial charge in [0.05, 0.1) is 12.5 Å². The number of carbonyl (C=O) groups is 3. The Labute approximate surface area is 99.0 Å². The van der Waals surface area contributed by atoms with E-state index in [1.54, 1.807) is 0 Å². The van der Waals surface area contributed by atoms with E-state index in [0.717, 1.165) is 0 Å². The third-order valence-corrected chi connectivity index (χ3v) is 3.48. The second-order valence-electron chi connectivity index (χ2n) is 4.65. The lowest BCUT2D eigenvalue weighted by Crippen LogP contribution is -2.51. The molecule has 0 spiro atoms. The fourth-order valence-corrected chi connectivity index (χ4v) is 2.51. The molecule has 1 saturated carbocycles. The monoisotopic (exact) mass is 240 g/mol. The predicted octanol–water partition coefficient (Wildman–Crippen LogP) is -0.554. The number of nitrogens with zero attached hydrogens (tertiary/aromatic N) is 1. The Morgan fingerprint density at radius 1 is 1.29 bits per heavy atom. The van der Waals surface area contributed by atoms with Crippen molar-refractivity contribution in [2.45, 2.75) is 19.3 Å². The summed E-state index contributed by atoms with van der Waals surface area (Å²) in [7, 11) is 0. The summed E-state index contributed by atoms with van der Waals surface area (Å²) in [4.78, 5) is 35.6. The molecule has 1 heterocycles. The Hall–Kier alpha value is -1.59. The van der Waals surface area contributed by atoms with E-state index in [4.69, 9.17) is 5.11 Å². The normalized spacial score (nSPS) is 28.9. The Morgan fingerprint density at radius 3 is 2.59 bits per heavy atom. The first-order valence-corrected chi connectivity index (χ1v) is 5.86. The zero-order chi connectivity index (χ0) is 12.4. The maximum Gasteiger partial charge on any atom is 0.306 e. The van der Waals surface area contributed by atoms with Gasteiger partial charge >= 0.3 is 5.97 Å². The highest BCUT2D eigenvalue weighted by molar-refractivity contribution is 5.87. The molecule has 0 unspecified atom stereocenters. The highest BCUT2D eigenvalue weighted by Crippen LogP contribution is 2.32. The molecule has 0 aromatic carbocycles. The third kappa shape index (κ3) is 2.57. The standard InChI is InChI=1S/C11H16N2O4/c14-9-6-13(4-3-12-9)10(15)7-1-2-8(5-7)11(16)17/h7-8H,1-6H2,(H,12,14)(H,16,17)/t7-,8+/m1/s1. The minimum absolute atomic E-state index is 0.0661. The van der Waals surface area contributed by atoms with Crippen LogP contribution in [0.4, 0.5) is 0 Å². The molecule has 1 aliphatic carbocycles. The highest BCUT2D eigenvalue weighted by atomic mass is 16.4. The van der Waals surface area contributed by atoms with Crippen molar-refractivity contribution in [2.24, 2.45) is 11.8 Å². The van der Waals surface area contributed by atoms with Crippen LogP contribution in [0.15, 0.2) is 0 Å². The van der Waals surface area contributed by atoms with Crippen molar-refractivity contribution in [3.63, 3.8) is 0 Å². The molecule has 2 amide bonds. The van der Waals surface area contributed by atoms with Crippen LogP contribution >= 0.6 is 0 Å². The maximum atomic E-state index is 12.1. The van der Waals surface area contributed by atoms with Crippen LogP contribution in [-0.2, 0) is 14.4 Å². The Bertz CT molecular complexity index is 355. The number of amides is 2. The van der Waals surface area contributed by atoms with Crippen molar-refractivity contribution in [2.75, 3.05) is 19.6 Å². The number of carboxylic acid groups (broad SMARTS) is 1. The van der Waals surface area contributed by atoms with Gasteiger partial charge in [-0.2, -0.15) is 0 Å². The number of piperazine rings is 1. The Balaban J connectivity index is 1.92. The minimum atomic E-state index is -0.823. The molecule has 2 N–H and O–H groups in total. The zero-order valence-corrected chi connectivity index (χ0v) is 9.52. The van der Waals surface area contributed by atoms with Gasteiger partial charge in [0.1, 0.15) is 0 Å². The van der Waals surface area contributed by atoms with Gasteiger partial charge in [-0.15, -0.1) is 0 Å². The molecule has 0 aromatic heterocycles. The van der Waals surface area contributed by atoms with Crippen LogP contribution in [0.25, 0.3) is 0 Å². The molecule has 1 aliphatic heterocycles. The van der Waals surface area contributed by atoms with Crippen LogP contribution in [0.1, 0.15) is 19.3 Å². The smallest absolute Gasteiger partial charge is 0.306 e. The van der Waals surface area contributed by atoms with Crippen molar-refractivity contribution >= 4 is 17.8 Å². The minimum Gasteiger partial charge on any atom is -0.481 e. The zero-order valence-electron chi connectivity index (χ0n) is 9.52. The molecule has 2 fully saturated rings. The largest absolute Gasteiger partial charge is 0.481 e. The van der Waals surface area contributed by atoms with E-state index in [-0.39, 0.29) is 24.3 Å². The van der Waals surface area contributed by atoms with Gasteiger partial charge in [-0.25, -0.2) is 0 Å². The molecule has 17 heavy (non-hydrogen) atoms. The van der Waals surface area contributed by atoms with E-state index in [1.807, 2.05) is 0 Å². The van der Waals surface area contributed by atoms with E-state index in [2.05, 4.69) is 5.32 Å². The number of nitrogens with one attached hydrogen (secondary N) is 1. The predicted molar refractivity (Wildman–Crippen MR) is 58.1 cm³/mol. The number of carbonyl (C=O) groups excluding carboxylic acids is 2. The van der Waals surface area contributed by atoms with Crippen molar-refractivity contribution in [3.8, 4) is 0 Å². The van der Waals surface area contributed by atoms with E-state index in [1.165, 1.54) is 4.90 Å². The van der Waals surface area contributed by atoms with E-state index < -0.39 is 11.9 Å². The fraction of sp³-hybridized carbons (Fsp3) is 0.727. The van der Waals surface area contributed by atoms with Gasteiger partial charge < -0.3 is 15.3 Å². The molecule has 94 valence electrons. The maximum absolute atomic E-state index is 12.1. The van der Waals surface area contributed by atoms with Gasteiger partial charge in [0.15, 0.2) is 0 Å². The second-order valence-corrected chi connectivity index (χ2v) is 4.65. The van der Waals surface area contributed by atoms with Crippen LogP contribution in [0.2, 0.25) is 0 Å². The molecular weight excluding hydrogens is 224 g/mol. The molecule has 0 radical (unpaired) electrons. The topological polar surface area (TPSA) is 86.7 Å². The molecule has 0 aromatic rings. The molecule has 0 bridgehead atoms. The Morgan fingerprint density at radius 2 is 2.00 bits per heavy atom. The van der Waals surface area contributed by atoms with Crippen molar-refractivity contribution in [3.05, 3.63) is 0 Å². The summed E-state index contributed by atoms with van der Waals surface area (Å²) in [6.07, 6.45) is 1.59. The van der Waals surface area contributed by atoms with Gasteiger partial charge in [0.2, 0.25) is 11.8 Å². The number of hydrogen-bond acceptors (Lipinski definition) is 3. The molecule has 2 atom stereocenters. The van der Waals surface area contributed by atoms with Gasteiger partial charge in [-0.3, -0.25) is 14.4 Å². The molecule has 6 nitrogen and oxygen atoms in total. The van der Waals surface area contributed by atoms with Crippen LogP contribution in [-0.4, -0.2) is 47.4 Å². The lowest BCUT2D eigenvalue weighted by atomic mass is 10.0. The van der Waals surface area contributed by atoms with E-state index in [0.29, 0.717) is 32.4 Å². The van der Waals surface area contributed by atoms with Gasteiger partial charge in [0.25, 0.3) is 0 Å². The van der Waals surface area contributed by atoms with Crippen molar-refractivity contribution in [1.82, 2.24) is 10.2 Å². The van der Waals surface area contributed by atoms with E-state index >= 15 is 0 Å². The third-order valence-electron chi connectivity index (χ3n) is 3.48. The lowest BCUT2D eigenvalue weighted by molar-refractivity contribution is -0.143. The number of carboxylic acids is 1. The highest BCUT2D eigenvalue weighted by Gasteiger charge is 2.36. The summed E-state index contributed by atoms with van der Waals surface area (Å²) in [5.41, 5.74) is 0. The van der Waals surface area contributed by atoms with Crippen LogP contribution < -0.4 is 5.32 Å². The SMILES string of the molecule is O=C1CN(C(=O)[C@@H]2CC[C@H](C(=O)O)C2)CCN1. The molecule has 2 rings (SSSR count). The summed E-state index contributed by atoms with van der Waals surface area (Å²) in [6.45, 7) is 1.12. The lowest BCUT2D eigenvalue weighted by Gasteiger charge is -2.28. The number of rotatable bonds is 2. The first-order valence-electron chi connectivity index (χ1n) is 5.86. The summed E-state index contributed by atoms with van der Waals surface area (Å²) in [6, 6.07) is 0. The van der Waals surface area contributed by atoms with E-state index in [9.17, 15) is 14.4 Å². The van der Waals surface area contributed by atoms with Crippen molar-refractivity contribution in [1.29, 1.82) is 0 Å². The molecule has 2 aliphatic rings. The molecular formula is C11H16N2O4. The summed E-state index contributed by atoms with van der Waals surface area (Å²) in [5.74, 6) is -1.65. The Kier molecular flexibility index (Phi) is 3.31. The molecule has 1 saturated heterocycles. The first kappa shape index (κ1) is 11.9. The number of hydrogen-bond donors (Lipinski definition) is 2. The van der Waals surface area contributed by atoms with Gasteiger partial charge in [-0.1, -0.05) is 0 Å². The van der Waals surface area contributed by atoms with Crippen LogP contribution in [0, 0.1) is 11.8 Å². The molecule has 6 heteroatoms. The summed E-state index contributed by atoms with van der Waals surface area (Å²) in [5, 5.41) is 11.5. The van der Waals surface area contributed by atoms with Crippen LogP contribution in [0.5, 0.6) is 0 Å². The summed E-state index contributed by atoms with van der Waals surface area (Å²) >= 11 is 0. The van der Waals surface area contributed by atoms with Gasteiger partial charge in [-0.05, 0) is 19.3 Å². The average molecular weight is 240 g/mol. The second kappa shape index (κ2) is 4.73. The van der Waals surface area contributed by atoms with Crippen molar-refractivity contribution < 1.29 is 19.5 Å². The number of aliphatic carboxylic acids is 1. The summed E-state index contributed by atoms with van der Waals surface area (Å²) < 4.78 is 0. The fourth-order valence-electron chi connectivity index (χ4n) is 2.51.